The zero-order chi connectivity index (χ0) is 23.5. The average molecular weight is 443 g/mol. The molecule has 4 rings (SSSR count). The highest BCUT2D eigenvalue weighted by Crippen LogP contribution is 2.37. The molecule has 0 atom stereocenters. The average Bonchev–Trinajstić information content (AvgIpc) is 3.10. The van der Waals surface area contributed by atoms with Gasteiger partial charge in [0.05, 0.1) is 23.3 Å². The molecule has 0 fully saturated rings. The Morgan fingerprint density at radius 3 is 2.24 bits per heavy atom. The molecule has 8 nitrogen and oxygen atoms in total. The molecule has 33 heavy (non-hydrogen) atoms. The number of hydrogen-bond donors (Lipinski definition) is 0. The van der Waals surface area contributed by atoms with Crippen LogP contribution in [0.2, 0.25) is 0 Å². The van der Waals surface area contributed by atoms with Gasteiger partial charge < -0.3 is 9.64 Å². The van der Waals surface area contributed by atoms with E-state index in [1.54, 1.807) is 29.2 Å². The fourth-order valence-electron chi connectivity index (χ4n) is 3.84. The third-order valence-corrected chi connectivity index (χ3v) is 5.39. The maximum absolute atomic E-state index is 13.7. The molecule has 0 saturated carbocycles. The number of likely N-dealkylation sites (N-methyl/N-ethyl adjacent to an activating group) is 1. The van der Waals surface area contributed by atoms with E-state index in [9.17, 15) is 19.7 Å². The second-order valence-electron chi connectivity index (χ2n) is 7.25. The Hall–Kier alpha value is -4.46. The third-order valence-electron chi connectivity index (χ3n) is 5.39. The molecule has 8 heteroatoms. The molecule has 0 bridgehead atoms. The van der Waals surface area contributed by atoms with Crippen LogP contribution in [0.5, 0.6) is 5.75 Å². The highest BCUT2D eigenvalue weighted by molar-refractivity contribution is 6.46. The van der Waals surface area contributed by atoms with Crippen molar-refractivity contribution in [1.29, 1.82) is 0 Å². The Morgan fingerprint density at radius 2 is 1.64 bits per heavy atom. The van der Waals surface area contributed by atoms with E-state index < -0.39 is 16.7 Å². The fraction of sp³-hybridized carbons (Fsp3) is 0.120. The van der Waals surface area contributed by atoms with Gasteiger partial charge in [-0.15, -0.1) is 0 Å². The maximum atomic E-state index is 13.7. The van der Waals surface area contributed by atoms with Crippen molar-refractivity contribution in [2.45, 2.75) is 6.92 Å². The maximum Gasteiger partial charge on any atom is 0.282 e. The molecule has 166 valence electrons. The minimum absolute atomic E-state index is 0.0993. The number of amides is 2. The Bertz CT molecular complexity index is 1250. The predicted octanol–water partition coefficient (Wildman–Crippen LogP) is 4.41. The lowest BCUT2D eigenvalue weighted by Crippen LogP contribution is -2.35. The normalized spacial score (nSPS) is 13.5. The second-order valence-corrected chi connectivity index (χ2v) is 7.25. The van der Waals surface area contributed by atoms with Crippen LogP contribution in [0.25, 0.3) is 5.57 Å². The first-order chi connectivity index (χ1) is 16.0. The van der Waals surface area contributed by atoms with E-state index in [-0.39, 0.29) is 17.0 Å². The van der Waals surface area contributed by atoms with Gasteiger partial charge in [0.1, 0.15) is 11.4 Å². The molecule has 0 unspecified atom stereocenters. The number of benzene rings is 3. The van der Waals surface area contributed by atoms with Gasteiger partial charge in [0.25, 0.3) is 17.5 Å². The molecule has 1 aliphatic rings. The monoisotopic (exact) mass is 443 g/mol. The molecule has 0 aromatic heterocycles. The number of methoxy groups -OCH3 is 1. The Balaban J connectivity index is 1.89. The number of nitrogens with zero attached hydrogens (tertiary/aromatic N) is 3. The molecular weight excluding hydrogens is 422 g/mol. The van der Waals surface area contributed by atoms with Crippen LogP contribution >= 0.6 is 0 Å². The molecular formula is C25H21N3O5. The summed E-state index contributed by atoms with van der Waals surface area (Å²) in [5.74, 6) is -0.479. The Morgan fingerprint density at radius 1 is 0.939 bits per heavy atom. The molecule has 3 aromatic carbocycles. The number of ether oxygens (including phenoxy) is 1. The molecule has 1 heterocycles. The molecule has 0 radical (unpaired) electrons. The van der Waals surface area contributed by atoms with Gasteiger partial charge in [-0.25, -0.2) is 4.90 Å². The first-order valence-electron chi connectivity index (χ1n) is 10.3. The minimum Gasteiger partial charge on any atom is -0.497 e. The number of carbonyl (C=O) groups excluding carboxylic acids is 2. The third kappa shape index (κ3) is 3.94. The zero-order valence-corrected chi connectivity index (χ0v) is 18.1. The summed E-state index contributed by atoms with van der Waals surface area (Å²) < 4.78 is 5.26. The number of nitro groups is 1. The van der Waals surface area contributed by atoms with E-state index in [1.165, 1.54) is 31.4 Å². The van der Waals surface area contributed by atoms with Gasteiger partial charge in [0.15, 0.2) is 0 Å². The highest BCUT2D eigenvalue weighted by atomic mass is 16.6. The predicted molar refractivity (Wildman–Crippen MR) is 125 cm³/mol. The van der Waals surface area contributed by atoms with Crippen molar-refractivity contribution in [3.8, 4) is 5.75 Å². The molecule has 0 spiro atoms. The van der Waals surface area contributed by atoms with E-state index in [0.717, 1.165) is 10.6 Å². The zero-order valence-electron chi connectivity index (χ0n) is 18.1. The van der Waals surface area contributed by atoms with Crippen LogP contribution in [0.3, 0.4) is 0 Å². The number of non-ortho nitro benzene ring substituents is 1. The van der Waals surface area contributed by atoms with Gasteiger partial charge in [-0.2, -0.15) is 0 Å². The lowest BCUT2D eigenvalue weighted by atomic mass is 10.0. The lowest BCUT2D eigenvalue weighted by molar-refractivity contribution is -0.384. The van der Waals surface area contributed by atoms with E-state index in [0.29, 0.717) is 23.5 Å². The minimum atomic E-state index is -0.508. The van der Waals surface area contributed by atoms with Crippen molar-refractivity contribution in [3.63, 3.8) is 0 Å². The summed E-state index contributed by atoms with van der Waals surface area (Å²) in [6, 6.07) is 21.6. The van der Waals surface area contributed by atoms with Gasteiger partial charge in [-0.05, 0) is 48.9 Å². The number of imide groups is 1. The number of carbonyl (C=O) groups is 2. The summed E-state index contributed by atoms with van der Waals surface area (Å²) in [5.41, 5.74) is 1.85. The number of para-hydroxylation sites is 1. The van der Waals surface area contributed by atoms with Crippen molar-refractivity contribution in [1.82, 2.24) is 0 Å². The van der Waals surface area contributed by atoms with Crippen molar-refractivity contribution >= 4 is 34.4 Å². The standard InChI is InChI=1S/C25H21N3O5/c1-3-26(18-8-5-4-6-9-18)23-22(17-12-14-19(15-13-17)28(31)32)24(29)27(25(23)30)20-10-7-11-21(16-20)33-2/h4-16H,3H2,1-2H3. The number of rotatable bonds is 7. The molecule has 0 saturated heterocycles. The van der Waals surface area contributed by atoms with Crippen LogP contribution < -0.4 is 14.5 Å². The number of hydrogen-bond acceptors (Lipinski definition) is 6. The van der Waals surface area contributed by atoms with Gasteiger partial charge in [0, 0.05) is 30.4 Å². The van der Waals surface area contributed by atoms with Crippen molar-refractivity contribution in [3.05, 3.63) is 100 Å². The number of anilines is 2. The lowest BCUT2D eigenvalue weighted by Gasteiger charge is -2.25. The van der Waals surface area contributed by atoms with Crippen LogP contribution in [0.15, 0.2) is 84.6 Å². The Kier molecular flexibility index (Phi) is 5.91. The van der Waals surface area contributed by atoms with Gasteiger partial charge in [0.2, 0.25) is 0 Å². The summed E-state index contributed by atoms with van der Waals surface area (Å²) in [4.78, 5) is 40.8. The Labute approximate surface area is 190 Å². The van der Waals surface area contributed by atoms with Crippen LogP contribution in [-0.2, 0) is 9.59 Å². The second kappa shape index (κ2) is 8.96. The van der Waals surface area contributed by atoms with Crippen LogP contribution in [-0.4, -0.2) is 30.4 Å². The summed E-state index contributed by atoms with van der Waals surface area (Å²) in [6.07, 6.45) is 0. The van der Waals surface area contributed by atoms with Crippen LogP contribution in [0.1, 0.15) is 12.5 Å². The first-order valence-corrected chi connectivity index (χ1v) is 10.3. The van der Waals surface area contributed by atoms with E-state index in [4.69, 9.17) is 4.74 Å². The summed E-state index contributed by atoms with van der Waals surface area (Å²) in [6.45, 7) is 2.32. The summed E-state index contributed by atoms with van der Waals surface area (Å²) in [5, 5.41) is 11.1. The smallest absolute Gasteiger partial charge is 0.282 e. The first kappa shape index (κ1) is 21.8. The molecule has 0 N–H and O–H groups in total. The SMILES string of the molecule is CCN(C1=C(c2ccc([N+](=O)[O-])cc2)C(=O)N(c2cccc(OC)c2)C1=O)c1ccccc1. The van der Waals surface area contributed by atoms with E-state index >= 15 is 0 Å². The van der Waals surface area contributed by atoms with Crippen molar-refractivity contribution in [2.75, 3.05) is 23.5 Å². The van der Waals surface area contributed by atoms with Crippen LogP contribution in [0, 0.1) is 10.1 Å². The molecule has 0 aliphatic carbocycles. The van der Waals surface area contributed by atoms with Gasteiger partial charge >= 0.3 is 0 Å². The fourth-order valence-corrected chi connectivity index (χ4v) is 3.84. The molecule has 1 aliphatic heterocycles. The van der Waals surface area contributed by atoms with Gasteiger partial charge in [-0.3, -0.25) is 19.7 Å². The summed E-state index contributed by atoms with van der Waals surface area (Å²) in [7, 11) is 1.51. The quantitative estimate of drug-likeness (QED) is 0.305. The van der Waals surface area contributed by atoms with E-state index in [1.807, 2.05) is 37.3 Å². The highest BCUT2D eigenvalue weighted by Gasteiger charge is 2.42. The van der Waals surface area contributed by atoms with Crippen molar-refractivity contribution in [2.24, 2.45) is 0 Å². The molecule has 2 amide bonds. The van der Waals surface area contributed by atoms with E-state index in [2.05, 4.69) is 0 Å². The largest absolute Gasteiger partial charge is 0.497 e. The summed E-state index contributed by atoms with van der Waals surface area (Å²) >= 11 is 0. The molecule has 3 aromatic rings. The topological polar surface area (TPSA) is 93.0 Å². The number of nitro benzene ring substituents is 1. The van der Waals surface area contributed by atoms with Crippen LogP contribution in [0.4, 0.5) is 17.1 Å². The van der Waals surface area contributed by atoms with Gasteiger partial charge in [-0.1, -0.05) is 24.3 Å². The van der Waals surface area contributed by atoms with Crippen molar-refractivity contribution < 1.29 is 19.2 Å².